The molecule has 0 aliphatic heterocycles. The smallest absolute Gasteiger partial charge is 0.119 e. The molecule has 0 radical (unpaired) electrons. The van der Waals surface area contributed by atoms with E-state index in [0.717, 1.165) is 23.2 Å². The Morgan fingerprint density at radius 1 is 0.353 bits per heavy atom. The fourth-order valence-corrected chi connectivity index (χ4v) is 4.75. The Morgan fingerprint density at radius 3 is 0.980 bits per heavy atom. The second-order valence-electron chi connectivity index (χ2n) is 11.4. The average molecular weight is 845 g/mol. The molecule has 0 N–H and O–H groups in total. The number of alkyl halides is 1. The standard InChI is InChI=1S/C38H69IO12/c1-2-3-4-5-6-7-8-37-9-11-38(12-10-37)51-36-35-50-34-33-49-32-31-48-30-29-47-28-27-46-26-25-45-24-23-44-22-21-43-20-19-42-18-17-41-16-15-40-14-13-39/h9-12H,2-8,13-36H2,1H3. The van der Waals surface area contributed by atoms with Crippen molar-refractivity contribution in [2.45, 2.75) is 51.9 Å². The van der Waals surface area contributed by atoms with E-state index >= 15 is 0 Å². The van der Waals surface area contributed by atoms with Gasteiger partial charge in [-0.1, -0.05) is 73.8 Å². The number of halogens is 1. The lowest BCUT2D eigenvalue weighted by Crippen LogP contribution is -2.15. The molecule has 1 aromatic rings. The van der Waals surface area contributed by atoms with E-state index in [2.05, 4.69) is 53.8 Å². The number of hydrogen-bond acceptors (Lipinski definition) is 12. The molecule has 1 rings (SSSR count). The molecule has 300 valence electrons. The van der Waals surface area contributed by atoms with Crippen molar-refractivity contribution in [1.29, 1.82) is 0 Å². The lowest BCUT2D eigenvalue weighted by molar-refractivity contribution is -0.0276. The molecule has 0 bridgehead atoms. The maximum Gasteiger partial charge on any atom is 0.119 e. The summed E-state index contributed by atoms with van der Waals surface area (Å²) in [6.07, 6.45) is 9.09. The molecule has 13 heteroatoms. The van der Waals surface area contributed by atoms with E-state index in [1.54, 1.807) is 0 Å². The van der Waals surface area contributed by atoms with Gasteiger partial charge in [-0.25, -0.2) is 0 Å². The van der Waals surface area contributed by atoms with Gasteiger partial charge < -0.3 is 56.8 Å². The van der Waals surface area contributed by atoms with Gasteiger partial charge in [0.15, 0.2) is 0 Å². The van der Waals surface area contributed by atoms with E-state index < -0.39 is 0 Å². The van der Waals surface area contributed by atoms with Gasteiger partial charge in [0, 0.05) is 4.43 Å². The van der Waals surface area contributed by atoms with Crippen molar-refractivity contribution < 1.29 is 56.8 Å². The molecular formula is C38H69IO12. The summed E-state index contributed by atoms with van der Waals surface area (Å²) in [5, 5.41) is 0. The van der Waals surface area contributed by atoms with Crippen LogP contribution in [0.25, 0.3) is 0 Å². The van der Waals surface area contributed by atoms with E-state index in [4.69, 9.17) is 56.8 Å². The molecule has 0 spiro atoms. The van der Waals surface area contributed by atoms with Crippen LogP contribution in [0.15, 0.2) is 24.3 Å². The maximum absolute atomic E-state index is 5.78. The number of benzene rings is 1. The van der Waals surface area contributed by atoms with Crippen LogP contribution in [-0.2, 0) is 58.5 Å². The predicted molar refractivity (Wildman–Crippen MR) is 207 cm³/mol. The van der Waals surface area contributed by atoms with Crippen LogP contribution in [0.3, 0.4) is 0 Å². The topological polar surface area (TPSA) is 111 Å². The van der Waals surface area contributed by atoms with Crippen molar-refractivity contribution >= 4 is 22.6 Å². The summed E-state index contributed by atoms with van der Waals surface area (Å²) >= 11 is 2.28. The minimum absolute atomic E-state index is 0.515. The fourth-order valence-electron chi connectivity index (χ4n) is 4.44. The van der Waals surface area contributed by atoms with Gasteiger partial charge in [-0.3, -0.25) is 0 Å². The van der Waals surface area contributed by atoms with Crippen LogP contribution in [0.4, 0.5) is 0 Å². The monoisotopic (exact) mass is 844 g/mol. The van der Waals surface area contributed by atoms with Crippen LogP contribution in [0.2, 0.25) is 0 Å². The van der Waals surface area contributed by atoms with Crippen molar-refractivity contribution in [3.05, 3.63) is 29.8 Å². The van der Waals surface area contributed by atoms with Crippen LogP contribution < -0.4 is 4.74 Å². The van der Waals surface area contributed by atoms with Crippen LogP contribution in [0.5, 0.6) is 5.75 Å². The van der Waals surface area contributed by atoms with Crippen molar-refractivity contribution in [3.63, 3.8) is 0 Å². The second kappa shape index (κ2) is 42.1. The van der Waals surface area contributed by atoms with Gasteiger partial charge >= 0.3 is 0 Å². The van der Waals surface area contributed by atoms with Gasteiger partial charge in [-0.15, -0.1) is 0 Å². The molecular weight excluding hydrogens is 775 g/mol. The minimum Gasteiger partial charge on any atom is -0.491 e. The van der Waals surface area contributed by atoms with E-state index in [1.807, 2.05) is 0 Å². The van der Waals surface area contributed by atoms with Gasteiger partial charge in [-0.2, -0.15) is 0 Å². The predicted octanol–water partition coefficient (Wildman–Crippen LogP) is 5.59. The molecule has 0 aliphatic carbocycles. The summed E-state index contributed by atoms with van der Waals surface area (Å²) in [5.41, 5.74) is 1.38. The Kier molecular flexibility index (Phi) is 39.9. The molecule has 0 aromatic heterocycles. The normalized spacial score (nSPS) is 11.5. The summed E-state index contributed by atoms with van der Waals surface area (Å²) < 4.78 is 67.1. The van der Waals surface area contributed by atoms with Crippen molar-refractivity contribution in [2.75, 3.05) is 156 Å². The van der Waals surface area contributed by atoms with Gasteiger partial charge in [0.25, 0.3) is 0 Å². The second-order valence-corrected chi connectivity index (χ2v) is 12.5. The molecule has 12 nitrogen and oxygen atoms in total. The molecule has 0 heterocycles. The number of rotatable bonds is 43. The third-order valence-electron chi connectivity index (χ3n) is 7.18. The number of unbranched alkanes of at least 4 members (excludes halogenated alkanes) is 5. The Hall–Kier alpha value is -0.690. The lowest BCUT2D eigenvalue weighted by Gasteiger charge is -2.09. The molecule has 0 unspecified atom stereocenters. The molecule has 51 heavy (non-hydrogen) atoms. The third-order valence-corrected chi connectivity index (χ3v) is 7.62. The fraction of sp³-hybridized carbons (Fsp3) is 0.842. The first-order chi connectivity index (χ1) is 25.4. The van der Waals surface area contributed by atoms with E-state index in [1.165, 1.54) is 44.1 Å². The summed E-state index contributed by atoms with van der Waals surface area (Å²) in [4.78, 5) is 0. The molecule has 0 saturated carbocycles. The first-order valence-electron chi connectivity index (χ1n) is 19.0. The molecule has 1 aromatic carbocycles. The number of hydrogen-bond donors (Lipinski definition) is 0. The first-order valence-corrected chi connectivity index (χ1v) is 20.5. The van der Waals surface area contributed by atoms with Crippen molar-refractivity contribution in [1.82, 2.24) is 0 Å². The highest BCUT2D eigenvalue weighted by Crippen LogP contribution is 2.15. The first kappa shape index (κ1) is 48.3. The summed E-state index contributed by atoms with van der Waals surface area (Å²) in [5.74, 6) is 0.886. The van der Waals surface area contributed by atoms with Crippen LogP contribution in [0.1, 0.15) is 51.0 Å². The molecule has 0 aliphatic rings. The van der Waals surface area contributed by atoms with E-state index in [0.29, 0.717) is 145 Å². The highest BCUT2D eigenvalue weighted by atomic mass is 127. The highest BCUT2D eigenvalue weighted by molar-refractivity contribution is 14.1. The zero-order chi connectivity index (χ0) is 36.4. The Bertz CT molecular complexity index is 793. The third kappa shape index (κ3) is 37.4. The SMILES string of the molecule is CCCCCCCCc1ccc(OCCOCCOCCOCCOCCOCCOCCOCCOCCOCCOCCOCCI)cc1. The summed E-state index contributed by atoms with van der Waals surface area (Å²) in [6.45, 7) is 14.8. The largest absolute Gasteiger partial charge is 0.491 e. The highest BCUT2D eigenvalue weighted by Gasteiger charge is 1.99. The Morgan fingerprint density at radius 2 is 0.647 bits per heavy atom. The van der Waals surface area contributed by atoms with E-state index in [-0.39, 0.29) is 0 Å². The van der Waals surface area contributed by atoms with Crippen LogP contribution in [0, 0.1) is 0 Å². The van der Waals surface area contributed by atoms with Gasteiger partial charge in [0.05, 0.1) is 145 Å². The zero-order valence-electron chi connectivity index (χ0n) is 31.5. The zero-order valence-corrected chi connectivity index (χ0v) is 33.7. The van der Waals surface area contributed by atoms with Crippen molar-refractivity contribution in [2.24, 2.45) is 0 Å². The van der Waals surface area contributed by atoms with Gasteiger partial charge in [0.1, 0.15) is 12.4 Å². The molecule has 0 amide bonds. The maximum atomic E-state index is 5.78. The number of aryl methyl sites for hydroxylation is 1. The van der Waals surface area contributed by atoms with E-state index in [9.17, 15) is 0 Å². The molecule has 0 fully saturated rings. The molecule has 0 atom stereocenters. The number of ether oxygens (including phenoxy) is 12. The van der Waals surface area contributed by atoms with Crippen LogP contribution in [-0.4, -0.2) is 156 Å². The van der Waals surface area contributed by atoms with Crippen molar-refractivity contribution in [3.8, 4) is 5.75 Å². The Balaban J connectivity index is 1.68. The minimum atomic E-state index is 0.515. The average Bonchev–Trinajstić information content (AvgIpc) is 3.15. The van der Waals surface area contributed by atoms with Crippen LogP contribution >= 0.6 is 22.6 Å². The summed E-state index contributed by atoms with van der Waals surface area (Å²) in [6, 6.07) is 8.44. The Labute approximate surface area is 322 Å². The van der Waals surface area contributed by atoms with Gasteiger partial charge in [0.2, 0.25) is 0 Å². The summed E-state index contributed by atoms with van der Waals surface area (Å²) in [7, 11) is 0. The lowest BCUT2D eigenvalue weighted by atomic mass is 10.0. The quantitative estimate of drug-likeness (QED) is 0.0465. The molecule has 0 saturated heterocycles. The van der Waals surface area contributed by atoms with Gasteiger partial charge in [-0.05, 0) is 30.5 Å².